The summed E-state index contributed by atoms with van der Waals surface area (Å²) in [7, 11) is 3.37. The van der Waals surface area contributed by atoms with E-state index in [1.807, 2.05) is 6.07 Å². The third-order valence-corrected chi connectivity index (χ3v) is 3.72. The van der Waals surface area contributed by atoms with Crippen LogP contribution in [0.4, 0.5) is 0 Å². The van der Waals surface area contributed by atoms with E-state index in [4.69, 9.17) is 9.47 Å². The quantitative estimate of drug-likeness (QED) is 0.702. The Bertz CT molecular complexity index is 357. The first-order chi connectivity index (χ1) is 9.73. The van der Waals surface area contributed by atoms with E-state index in [0.717, 1.165) is 30.5 Å². The number of methoxy groups -OCH3 is 2. The number of unbranched alkanes of at least 4 members (excludes halogenated alkanes) is 1. The van der Waals surface area contributed by atoms with Crippen molar-refractivity contribution in [3.63, 3.8) is 0 Å². The van der Waals surface area contributed by atoms with E-state index >= 15 is 0 Å². The summed E-state index contributed by atoms with van der Waals surface area (Å²) in [5.74, 6) is 2.47. The Hall–Kier alpha value is -1.22. The smallest absolute Gasteiger partial charge is 0.122 e. The van der Waals surface area contributed by atoms with E-state index < -0.39 is 0 Å². The highest BCUT2D eigenvalue weighted by molar-refractivity contribution is 5.38. The molecular formula is C17H29NO2. The third kappa shape index (κ3) is 5.83. The standard InChI is InChI=1S/C17H29NO2/c1-5-7-8-14(6-2)12-18-13-15-9-16(19-3)11-17(10-15)20-4/h9-11,14,18H,5-8,12-13H2,1-4H3. The van der Waals surface area contributed by atoms with Gasteiger partial charge in [0.1, 0.15) is 11.5 Å². The summed E-state index contributed by atoms with van der Waals surface area (Å²) in [6.07, 6.45) is 5.17. The van der Waals surface area contributed by atoms with Crippen molar-refractivity contribution >= 4 is 0 Å². The SMILES string of the molecule is CCCCC(CC)CNCc1cc(OC)cc(OC)c1. The summed E-state index contributed by atoms with van der Waals surface area (Å²) in [4.78, 5) is 0. The van der Waals surface area contributed by atoms with Gasteiger partial charge >= 0.3 is 0 Å². The molecule has 0 amide bonds. The average Bonchev–Trinajstić information content (AvgIpc) is 2.50. The lowest BCUT2D eigenvalue weighted by Crippen LogP contribution is -2.22. The molecule has 1 N–H and O–H groups in total. The van der Waals surface area contributed by atoms with E-state index in [-0.39, 0.29) is 0 Å². The first-order valence-corrected chi connectivity index (χ1v) is 7.66. The molecule has 114 valence electrons. The van der Waals surface area contributed by atoms with Crippen molar-refractivity contribution in [3.05, 3.63) is 23.8 Å². The highest BCUT2D eigenvalue weighted by Crippen LogP contribution is 2.22. The van der Waals surface area contributed by atoms with Gasteiger partial charge in [-0.2, -0.15) is 0 Å². The fraction of sp³-hybridized carbons (Fsp3) is 0.647. The fourth-order valence-corrected chi connectivity index (χ4v) is 2.33. The van der Waals surface area contributed by atoms with Crippen LogP contribution < -0.4 is 14.8 Å². The van der Waals surface area contributed by atoms with Gasteiger partial charge in [-0.05, 0) is 36.6 Å². The molecule has 1 rings (SSSR count). The van der Waals surface area contributed by atoms with E-state index in [1.165, 1.54) is 31.2 Å². The first kappa shape index (κ1) is 16.8. The molecule has 0 heterocycles. The maximum atomic E-state index is 5.29. The fourth-order valence-electron chi connectivity index (χ4n) is 2.33. The van der Waals surface area contributed by atoms with Crippen LogP contribution in [0.2, 0.25) is 0 Å². The Labute approximate surface area is 123 Å². The zero-order valence-electron chi connectivity index (χ0n) is 13.4. The number of nitrogens with one attached hydrogen (secondary N) is 1. The van der Waals surface area contributed by atoms with Gasteiger partial charge in [0, 0.05) is 12.6 Å². The molecule has 0 radical (unpaired) electrons. The Kier molecular flexibility index (Phi) is 8.12. The first-order valence-electron chi connectivity index (χ1n) is 7.66. The minimum Gasteiger partial charge on any atom is -0.497 e. The molecule has 0 spiro atoms. The molecule has 1 aromatic rings. The van der Waals surface area contributed by atoms with Crippen molar-refractivity contribution in [3.8, 4) is 11.5 Å². The zero-order chi connectivity index (χ0) is 14.8. The third-order valence-electron chi connectivity index (χ3n) is 3.72. The lowest BCUT2D eigenvalue weighted by Gasteiger charge is -2.16. The van der Waals surface area contributed by atoms with Crippen molar-refractivity contribution in [1.29, 1.82) is 0 Å². The van der Waals surface area contributed by atoms with Gasteiger partial charge in [-0.3, -0.25) is 0 Å². The van der Waals surface area contributed by atoms with Crippen LogP contribution in [0.25, 0.3) is 0 Å². The summed E-state index contributed by atoms with van der Waals surface area (Å²) in [5.41, 5.74) is 1.20. The second kappa shape index (κ2) is 9.65. The number of ether oxygens (including phenoxy) is 2. The number of hydrogen-bond acceptors (Lipinski definition) is 3. The minimum absolute atomic E-state index is 0.780. The topological polar surface area (TPSA) is 30.5 Å². The van der Waals surface area contributed by atoms with Crippen LogP contribution in [-0.2, 0) is 6.54 Å². The van der Waals surface area contributed by atoms with Crippen LogP contribution >= 0.6 is 0 Å². The van der Waals surface area contributed by atoms with Crippen LogP contribution in [0, 0.1) is 5.92 Å². The van der Waals surface area contributed by atoms with Crippen molar-refractivity contribution in [2.45, 2.75) is 46.1 Å². The molecule has 1 unspecified atom stereocenters. The lowest BCUT2D eigenvalue weighted by molar-refractivity contribution is 0.391. The average molecular weight is 279 g/mol. The Morgan fingerprint density at radius 2 is 1.70 bits per heavy atom. The molecule has 3 nitrogen and oxygen atoms in total. The van der Waals surface area contributed by atoms with Crippen molar-refractivity contribution in [2.75, 3.05) is 20.8 Å². The largest absolute Gasteiger partial charge is 0.497 e. The highest BCUT2D eigenvalue weighted by atomic mass is 16.5. The predicted octanol–water partition coefficient (Wildman–Crippen LogP) is 4.01. The molecule has 0 saturated heterocycles. The van der Waals surface area contributed by atoms with Gasteiger partial charge in [-0.25, -0.2) is 0 Å². The highest BCUT2D eigenvalue weighted by Gasteiger charge is 2.06. The molecular weight excluding hydrogens is 250 g/mol. The van der Waals surface area contributed by atoms with Gasteiger partial charge in [0.25, 0.3) is 0 Å². The zero-order valence-corrected chi connectivity index (χ0v) is 13.4. The summed E-state index contributed by atoms with van der Waals surface area (Å²) in [6, 6.07) is 6.02. The molecule has 0 aliphatic rings. The lowest BCUT2D eigenvalue weighted by atomic mass is 9.99. The van der Waals surface area contributed by atoms with Crippen molar-refractivity contribution in [2.24, 2.45) is 5.92 Å². The van der Waals surface area contributed by atoms with Crippen LogP contribution in [0.15, 0.2) is 18.2 Å². The summed E-state index contributed by atoms with van der Waals surface area (Å²) >= 11 is 0. The summed E-state index contributed by atoms with van der Waals surface area (Å²) in [5, 5.41) is 3.55. The van der Waals surface area contributed by atoms with E-state index in [2.05, 4.69) is 31.3 Å². The maximum Gasteiger partial charge on any atom is 0.122 e. The van der Waals surface area contributed by atoms with Gasteiger partial charge in [-0.15, -0.1) is 0 Å². The van der Waals surface area contributed by atoms with Crippen molar-refractivity contribution in [1.82, 2.24) is 5.32 Å². The minimum atomic E-state index is 0.780. The van der Waals surface area contributed by atoms with Crippen LogP contribution in [0.1, 0.15) is 45.1 Å². The number of hydrogen-bond donors (Lipinski definition) is 1. The Morgan fingerprint density at radius 1 is 1.05 bits per heavy atom. The van der Waals surface area contributed by atoms with Gasteiger partial charge in [0.2, 0.25) is 0 Å². The number of benzene rings is 1. The van der Waals surface area contributed by atoms with Gasteiger partial charge in [-0.1, -0.05) is 33.1 Å². The van der Waals surface area contributed by atoms with Gasteiger partial charge < -0.3 is 14.8 Å². The second-order valence-electron chi connectivity index (χ2n) is 5.27. The van der Waals surface area contributed by atoms with Gasteiger partial charge in [0.15, 0.2) is 0 Å². The maximum absolute atomic E-state index is 5.29. The molecule has 0 bridgehead atoms. The van der Waals surface area contributed by atoms with E-state index in [0.29, 0.717) is 0 Å². The Balaban J connectivity index is 2.47. The van der Waals surface area contributed by atoms with Crippen molar-refractivity contribution < 1.29 is 9.47 Å². The van der Waals surface area contributed by atoms with Crippen LogP contribution in [0.3, 0.4) is 0 Å². The number of rotatable bonds is 10. The second-order valence-corrected chi connectivity index (χ2v) is 5.27. The molecule has 1 atom stereocenters. The van der Waals surface area contributed by atoms with E-state index in [9.17, 15) is 0 Å². The Morgan fingerprint density at radius 3 is 2.20 bits per heavy atom. The molecule has 0 aliphatic heterocycles. The molecule has 0 aliphatic carbocycles. The molecule has 0 aromatic heterocycles. The molecule has 0 saturated carbocycles. The molecule has 0 fully saturated rings. The monoisotopic (exact) mass is 279 g/mol. The van der Waals surface area contributed by atoms with Crippen LogP contribution in [-0.4, -0.2) is 20.8 Å². The molecule has 3 heteroatoms. The molecule has 1 aromatic carbocycles. The van der Waals surface area contributed by atoms with Gasteiger partial charge in [0.05, 0.1) is 14.2 Å². The van der Waals surface area contributed by atoms with Crippen LogP contribution in [0.5, 0.6) is 11.5 Å². The van der Waals surface area contributed by atoms with E-state index in [1.54, 1.807) is 14.2 Å². The summed E-state index contributed by atoms with van der Waals surface area (Å²) in [6.45, 7) is 6.46. The normalized spacial score (nSPS) is 12.2. The molecule has 20 heavy (non-hydrogen) atoms. The predicted molar refractivity (Wildman–Crippen MR) is 84.6 cm³/mol. The summed E-state index contributed by atoms with van der Waals surface area (Å²) < 4.78 is 10.6.